The fourth-order valence-electron chi connectivity index (χ4n) is 1.05. The molecule has 0 aliphatic carbocycles. The van der Waals surface area contributed by atoms with E-state index in [9.17, 15) is 4.79 Å². The number of carbonyl (C=O) groups is 1. The molecule has 0 fully saturated rings. The van der Waals surface area contributed by atoms with Gasteiger partial charge in [-0.25, -0.2) is 4.79 Å². The van der Waals surface area contributed by atoms with E-state index < -0.39 is 10.3 Å². The van der Waals surface area contributed by atoms with Crippen molar-refractivity contribution in [2.75, 3.05) is 0 Å². The summed E-state index contributed by atoms with van der Waals surface area (Å²) in [7, 11) is 0. The van der Waals surface area contributed by atoms with Crippen LogP contribution in [-0.4, -0.2) is 11.1 Å². The molecular weight excluding hydrogens is 329 g/mol. The molecule has 0 atom stereocenters. The van der Waals surface area contributed by atoms with E-state index in [4.69, 9.17) is 63.1 Å². The quantitative estimate of drug-likeness (QED) is 0.484. The van der Waals surface area contributed by atoms with E-state index in [0.717, 1.165) is 12.2 Å². The first-order valence-corrected chi connectivity index (χ1v) is 6.08. The molecule has 0 aliphatic rings. The summed E-state index contributed by atoms with van der Waals surface area (Å²) in [5, 5.41) is 8.96. The molecule has 17 heavy (non-hydrogen) atoms. The lowest BCUT2D eigenvalue weighted by molar-refractivity contribution is -0.131. The Balaban J connectivity index is 3.24. The van der Waals surface area contributed by atoms with E-state index in [-0.39, 0.29) is 20.6 Å². The van der Waals surface area contributed by atoms with Crippen LogP contribution in [0.1, 0.15) is 5.56 Å². The van der Waals surface area contributed by atoms with Gasteiger partial charge in [-0.3, -0.25) is 0 Å². The molecule has 0 aliphatic heterocycles. The van der Waals surface area contributed by atoms with Crippen molar-refractivity contribution >= 4 is 64.0 Å². The van der Waals surface area contributed by atoms with Crippen LogP contribution in [-0.2, 0) is 9.13 Å². The van der Waals surface area contributed by atoms with Gasteiger partial charge in [-0.05, 0) is 12.1 Å². The van der Waals surface area contributed by atoms with Crippen LogP contribution in [0.15, 0.2) is 24.3 Å². The summed E-state index contributed by atoms with van der Waals surface area (Å²) in [5.41, 5.74) is 0.259. The van der Waals surface area contributed by atoms with Gasteiger partial charge in [-0.1, -0.05) is 64.1 Å². The minimum Gasteiger partial charge on any atom is -0.478 e. The first-order valence-electron chi connectivity index (χ1n) is 4.19. The third kappa shape index (κ3) is 3.67. The second-order valence-corrected chi connectivity index (χ2v) is 5.57. The van der Waals surface area contributed by atoms with Crippen LogP contribution < -0.4 is 0 Å². The molecular formula is C10H5Cl5O2. The third-order valence-corrected chi connectivity index (χ3v) is 3.78. The maximum absolute atomic E-state index is 10.4. The van der Waals surface area contributed by atoms with Crippen LogP contribution >= 0.6 is 58.0 Å². The SMILES string of the molecule is O=C(O)C=CC(Cl)(Cl)c1ccc(Cl)c(Cl)c1Cl. The van der Waals surface area contributed by atoms with Crippen molar-refractivity contribution in [3.05, 3.63) is 44.9 Å². The molecule has 1 N–H and O–H groups in total. The van der Waals surface area contributed by atoms with Crippen molar-refractivity contribution < 1.29 is 9.90 Å². The number of hydrogen-bond donors (Lipinski definition) is 1. The average molecular weight is 334 g/mol. The highest BCUT2D eigenvalue weighted by atomic mass is 35.5. The maximum atomic E-state index is 10.4. The molecule has 92 valence electrons. The van der Waals surface area contributed by atoms with Crippen LogP contribution in [0, 0.1) is 0 Å². The average Bonchev–Trinajstić information content (AvgIpc) is 2.23. The van der Waals surface area contributed by atoms with Crippen molar-refractivity contribution in [2.24, 2.45) is 0 Å². The van der Waals surface area contributed by atoms with Gasteiger partial charge < -0.3 is 5.11 Å². The third-order valence-electron chi connectivity index (χ3n) is 1.83. The molecule has 0 aromatic heterocycles. The lowest BCUT2D eigenvalue weighted by atomic mass is 10.1. The number of carboxylic acids is 1. The topological polar surface area (TPSA) is 37.3 Å². The van der Waals surface area contributed by atoms with Crippen LogP contribution in [0.25, 0.3) is 0 Å². The first-order chi connectivity index (χ1) is 7.75. The Bertz CT molecular complexity index is 482. The Labute approximate surface area is 123 Å². The smallest absolute Gasteiger partial charge is 0.328 e. The van der Waals surface area contributed by atoms with Gasteiger partial charge in [0.05, 0.1) is 15.1 Å². The Hall–Kier alpha value is -0.120. The van der Waals surface area contributed by atoms with Crippen molar-refractivity contribution in [1.82, 2.24) is 0 Å². The van der Waals surface area contributed by atoms with E-state index in [2.05, 4.69) is 0 Å². The normalized spacial score (nSPS) is 12.1. The van der Waals surface area contributed by atoms with Crippen LogP contribution in [0.3, 0.4) is 0 Å². The monoisotopic (exact) mass is 332 g/mol. The fraction of sp³-hybridized carbons (Fsp3) is 0.100. The summed E-state index contributed by atoms with van der Waals surface area (Å²) in [4.78, 5) is 10.4. The van der Waals surface area contributed by atoms with E-state index in [1.54, 1.807) is 0 Å². The van der Waals surface area contributed by atoms with Crippen LogP contribution in [0.4, 0.5) is 0 Å². The molecule has 1 aromatic carbocycles. The van der Waals surface area contributed by atoms with E-state index in [1.165, 1.54) is 12.1 Å². The van der Waals surface area contributed by atoms with Crippen LogP contribution in [0.5, 0.6) is 0 Å². The first kappa shape index (κ1) is 14.9. The van der Waals surface area contributed by atoms with Gasteiger partial charge in [0.1, 0.15) is 0 Å². The molecule has 0 spiro atoms. The molecule has 7 heteroatoms. The second kappa shape index (κ2) is 5.68. The number of rotatable bonds is 3. The highest BCUT2D eigenvalue weighted by molar-refractivity contribution is 6.53. The Kier molecular flexibility index (Phi) is 4.99. The number of aliphatic carboxylic acids is 1. The molecule has 0 bridgehead atoms. The van der Waals surface area contributed by atoms with Crippen molar-refractivity contribution in [1.29, 1.82) is 0 Å². The van der Waals surface area contributed by atoms with Crippen molar-refractivity contribution in [3.63, 3.8) is 0 Å². The number of benzene rings is 1. The second-order valence-electron chi connectivity index (χ2n) is 3.02. The lowest BCUT2D eigenvalue weighted by Crippen LogP contribution is -2.08. The molecule has 2 nitrogen and oxygen atoms in total. The van der Waals surface area contributed by atoms with Crippen molar-refractivity contribution in [2.45, 2.75) is 4.33 Å². The van der Waals surface area contributed by atoms with Gasteiger partial charge in [-0.15, -0.1) is 0 Å². The number of halogens is 5. The van der Waals surface area contributed by atoms with Crippen LogP contribution in [0.2, 0.25) is 15.1 Å². The zero-order chi connectivity index (χ0) is 13.2. The Morgan fingerprint density at radius 3 is 2.29 bits per heavy atom. The number of allylic oxidation sites excluding steroid dienone is 1. The fourth-order valence-corrected chi connectivity index (χ4v) is 2.27. The Morgan fingerprint density at radius 2 is 1.76 bits per heavy atom. The van der Waals surface area contributed by atoms with Crippen molar-refractivity contribution in [3.8, 4) is 0 Å². The Morgan fingerprint density at radius 1 is 1.18 bits per heavy atom. The van der Waals surface area contributed by atoms with Gasteiger partial charge in [0.15, 0.2) is 4.33 Å². The molecule has 0 heterocycles. The molecule has 0 saturated heterocycles. The largest absolute Gasteiger partial charge is 0.478 e. The standard InChI is InChI=1S/C10H5Cl5O2/c11-6-2-1-5(8(12)9(6)13)10(14,15)4-3-7(16)17/h1-4H,(H,16,17). The highest BCUT2D eigenvalue weighted by Gasteiger charge is 2.28. The van der Waals surface area contributed by atoms with E-state index >= 15 is 0 Å². The predicted octanol–water partition coefficient (Wildman–Crippen LogP) is 4.92. The van der Waals surface area contributed by atoms with Gasteiger partial charge in [0, 0.05) is 11.6 Å². The molecule has 1 rings (SSSR count). The predicted molar refractivity (Wildman–Crippen MR) is 71.6 cm³/mol. The van der Waals surface area contributed by atoms with Gasteiger partial charge in [-0.2, -0.15) is 0 Å². The van der Waals surface area contributed by atoms with Gasteiger partial charge in [0.25, 0.3) is 0 Å². The molecule has 0 unspecified atom stereocenters. The zero-order valence-corrected chi connectivity index (χ0v) is 11.8. The maximum Gasteiger partial charge on any atom is 0.328 e. The highest BCUT2D eigenvalue weighted by Crippen LogP contribution is 2.43. The zero-order valence-electron chi connectivity index (χ0n) is 8.05. The summed E-state index contributed by atoms with van der Waals surface area (Å²) in [5.74, 6) is -1.17. The number of carboxylic acid groups (broad SMARTS) is 1. The molecule has 0 amide bonds. The summed E-state index contributed by atoms with van der Waals surface area (Å²) >= 11 is 29.4. The van der Waals surface area contributed by atoms with E-state index in [0.29, 0.717) is 0 Å². The molecule has 1 aromatic rings. The number of alkyl halides is 2. The summed E-state index contributed by atoms with van der Waals surface area (Å²) in [6.45, 7) is 0. The van der Waals surface area contributed by atoms with E-state index in [1.807, 2.05) is 0 Å². The summed E-state index contributed by atoms with van der Waals surface area (Å²) < 4.78 is -1.59. The minimum absolute atomic E-state index is 0.0826. The molecule has 0 saturated carbocycles. The number of hydrogen-bond acceptors (Lipinski definition) is 1. The van der Waals surface area contributed by atoms with Gasteiger partial charge in [0.2, 0.25) is 0 Å². The minimum atomic E-state index is -1.59. The molecule has 0 radical (unpaired) electrons. The lowest BCUT2D eigenvalue weighted by Gasteiger charge is -2.18. The summed E-state index contributed by atoms with van der Waals surface area (Å²) in [6.07, 6.45) is 1.91. The summed E-state index contributed by atoms with van der Waals surface area (Å²) in [6, 6.07) is 2.95. The van der Waals surface area contributed by atoms with Gasteiger partial charge >= 0.3 is 5.97 Å².